The van der Waals surface area contributed by atoms with Crippen LogP contribution in [0.25, 0.3) is 0 Å². The minimum absolute atomic E-state index is 0.00559. The van der Waals surface area contributed by atoms with E-state index in [1.807, 2.05) is 6.92 Å². The molecule has 0 aromatic carbocycles. The Morgan fingerprint density at radius 3 is 2.83 bits per heavy atom. The lowest BCUT2D eigenvalue weighted by Gasteiger charge is -2.09. The number of carbonyl (C=O) groups is 1. The second kappa shape index (κ2) is 7.99. The Hall–Kier alpha value is 0.367. The molecule has 0 heterocycles. The predicted molar refractivity (Wildman–Crippen MR) is 58.4 cm³/mol. The van der Waals surface area contributed by atoms with Gasteiger partial charge in [-0.3, -0.25) is 4.79 Å². The van der Waals surface area contributed by atoms with Crippen molar-refractivity contribution in [2.24, 2.45) is 5.92 Å². The fraction of sp³-hybridized carbons (Fsp3) is 0.857. The molecule has 0 saturated heterocycles. The monoisotopic (exact) mass is 222 g/mol. The maximum absolute atomic E-state index is 11.1. The van der Waals surface area contributed by atoms with E-state index < -0.39 is 0 Å². The van der Waals surface area contributed by atoms with Gasteiger partial charge in [-0.25, -0.2) is 0 Å². The van der Waals surface area contributed by atoms with Crippen LogP contribution in [0.2, 0.25) is 6.04 Å². The Labute approximate surface area is 82.4 Å². The van der Waals surface area contributed by atoms with Crippen LogP contribution in [-0.2, 0) is 16.6 Å². The van der Waals surface area contributed by atoms with Gasteiger partial charge in [-0.2, -0.15) is 0 Å². The summed E-state index contributed by atoms with van der Waals surface area (Å²) in [5, 5.41) is 8.64. The van der Waals surface area contributed by atoms with Crippen molar-refractivity contribution in [3.63, 3.8) is 0 Å². The van der Waals surface area contributed by atoms with E-state index in [1.165, 1.54) is 0 Å². The molecule has 12 heavy (non-hydrogen) atoms. The molecule has 0 aliphatic rings. The smallest absolute Gasteiger partial charge is 0.160 e. The molecule has 0 rings (SSSR count). The molecular formula is C7H15O2PSSi. The fourth-order valence-corrected chi connectivity index (χ4v) is 4.76. The van der Waals surface area contributed by atoms with Crippen LogP contribution in [0.4, 0.5) is 0 Å². The lowest BCUT2D eigenvalue weighted by atomic mass is 10.0. The van der Waals surface area contributed by atoms with Gasteiger partial charge in [-0.15, -0.1) is 0 Å². The number of ketones is 1. The van der Waals surface area contributed by atoms with E-state index in [0.717, 1.165) is 25.6 Å². The van der Waals surface area contributed by atoms with Crippen LogP contribution in [-0.4, -0.2) is 32.8 Å². The molecular weight excluding hydrogens is 207 g/mol. The lowest BCUT2D eigenvalue weighted by Crippen LogP contribution is -2.19. The van der Waals surface area contributed by atoms with Crippen LogP contribution in [0.3, 0.4) is 0 Å². The number of Topliss-reactive ketones (excluding diaryl/α,β-unsaturated/α-hetero) is 1. The van der Waals surface area contributed by atoms with E-state index in [4.69, 9.17) is 16.9 Å². The van der Waals surface area contributed by atoms with E-state index >= 15 is 0 Å². The van der Waals surface area contributed by atoms with Crippen molar-refractivity contribution in [2.75, 3.05) is 12.4 Å². The Morgan fingerprint density at radius 2 is 2.42 bits per heavy atom. The molecule has 70 valence electrons. The molecule has 0 spiro atoms. The molecule has 0 unspecified atom stereocenters. The molecule has 5 heteroatoms. The molecule has 0 amide bonds. The second-order valence-electron chi connectivity index (χ2n) is 2.72. The summed E-state index contributed by atoms with van der Waals surface area (Å²) in [5.41, 5.74) is 0. The quantitative estimate of drug-likeness (QED) is 0.388. The molecule has 0 aromatic rings. The van der Waals surface area contributed by atoms with Gasteiger partial charge < -0.3 is 5.11 Å². The Balaban J connectivity index is 3.66. The fourth-order valence-electron chi connectivity index (χ4n) is 1.12. The third-order valence-corrected chi connectivity index (χ3v) is 6.65. The third-order valence-electron chi connectivity index (χ3n) is 1.91. The molecule has 0 radical (unpaired) electrons. The topological polar surface area (TPSA) is 37.3 Å². The second-order valence-corrected chi connectivity index (χ2v) is 6.83. The van der Waals surface area contributed by atoms with E-state index in [-0.39, 0.29) is 27.8 Å². The average Bonchev–Trinajstić information content (AvgIpc) is 2.11. The zero-order chi connectivity index (χ0) is 9.40. The van der Waals surface area contributed by atoms with Gasteiger partial charge in [0.15, 0.2) is 5.78 Å². The van der Waals surface area contributed by atoms with Gasteiger partial charge >= 0.3 is 0 Å². The molecule has 1 N–H and O–H groups in total. The molecule has 0 bridgehead atoms. The highest BCUT2D eigenvalue weighted by molar-refractivity contribution is 7.97. The van der Waals surface area contributed by atoms with Crippen molar-refractivity contribution >= 4 is 34.5 Å². The summed E-state index contributed by atoms with van der Waals surface area (Å²) in [6, 6.07) is 1.01. The van der Waals surface area contributed by atoms with E-state index in [0.29, 0.717) is 0 Å². The highest BCUT2D eigenvalue weighted by Crippen LogP contribution is 2.10. The van der Waals surface area contributed by atoms with Crippen molar-refractivity contribution in [2.45, 2.75) is 19.4 Å². The minimum Gasteiger partial charge on any atom is -0.389 e. The predicted octanol–water partition coefficient (Wildman–Crippen LogP) is 0.527. The molecule has 0 fully saturated rings. The van der Waals surface area contributed by atoms with Crippen molar-refractivity contribution in [3.05, 3.63) is 0 Å². The normalized spacial score (nSPS) is 14.2. The molecule has 2 nitrogen and oxygen atoms in total. The first-order valence-electron chi connectivity index (χ1n) is 4.18. The van der Waals surface area contributed by atoms with Crippen molar-refractivity contribution in [1.82, 2.24) is 0 Å². The van der Waals surface area contributed by atoms with Crippen molar-refractivity contribution in [1.29, 1.82) is 0 Å². The number of rotatable bonds is 7. The average molecular weight is 222 g/mol. The molecule has 0 aliphatic carbocycles. The SMILES string of the molecule is CC[C@@H](C[SiH2]CP=S)C(=O)CO. The molecule has 1 atom stereocenters. The van der Waals surface area contributed by atoms with Gasteiger partial charge in [-0.05, 0) is 19.6 Å². The third kappa shape index (κ3) is 5.09. The first-order valence-corrected chi connectivity index (χ1v) is 8.28. The van der Waals surface area contributed by atoms with Crippen LogP contribution >= 0.6 is 7.36 Å². The van der Waals surface area contributed by atoms with Crippen LogP contribution in [0.1, 0.15) is 13.3 Å². The zero-order valence-corrected chi connectivity index (χ0v) is 10.4. The van der Waals surface area contributed by atoms with Crippen LogP contribution in [0, 0.1) is 5.92 Å². The number of aliphatic hydroxyl groups is 1. The Kier molecular flexibility index (Phi) is 8.23. The van der Waals surface area contributed by atoms with Crippen LogP contribution in [0.5, 0.6) is 0 Å². The lowest BCUT2D eigenvalue weighted by molar-refractivity contribution is -0.125. The van der Waals surface area contributed by atoms with Gasteiger partial charge in [-0.1, -0.05) is 24.8 Å². The first-order chi connectivity index (χ1) is 5.76. The summed E-state index contributed by atoms with van der Waals surface area (Å²) in [5.74, 6) is 1.23. The molecule has 0 saturated carbocycles. The highest BCUT2D eigenvalue weighted by Gasteiger charge is 2.14. The van der Waals surface area contributed by atoms with E-state index in [1.54, 1.807) is 0 Å². The van der Waals surface area contributed by atoms with Crippen LogP contribution < -0.4 is 0 Å². The maximum Gasteiger partial charge on any atom is 0.160 e. The number of hydrogen-bond donors (Lipinski definition) is 1. The largest absolute Gasteiger partial charge is 0.389 e. The van der Waals surface area contributed by atoms with Gasteiger partial charge in [0.1, 0.15) is 6.61 Å². The number of hydrogen-bond acceptors (Lipinski definition) is 3. The summed E-state index contributed by atoms with van der Waals surface area (Å²) in [7, 11) is 0.887. The Morgan fingerprint density at radius 1 is 1.75 bits per heavy atom. The number of carbonyl (C=O) groups excluding carboxylic acids is 1. The first kappa shape index (κ1) is 12.4. The van der Waals surface area contributed by atoms with Crippen molar-refractivity contribution < 1.29 is 9.90 Å². The van der Waals surface area contributed by atoms with Gasteiger partial charge in [0.05, 0.1) is 0 Å². The zero-order valence-electron chi connectivity index (χ0n) is 7.32. The summed E-state index contributed by atoms with van der Waals surface area (Å²) >= 11 is 4.81. The van der Waals surface area contributed by atoms with Gasteiger partial charge in [0, 0.05) is 15.4 Å². The van der Waals surface area contributed by atoms with E-state index in [2.05, 4.69) is 0 Å². The van der Waals surface area contributed by atoms with Gasteiger partial charge in [0.2, 0.25) is 0 Å². The maximum atomic E-state index is 11.1. The minimum atomic E-state index is -0.293. The Bertz CT molecular complexity index is 154. The highest BCUT2D eigenvalue weighted by atomic mass is 32.4. The summed E-state index contributed by atoms with van der Waals surface area (Å²) < 4.78 is 0. The van der Waals surface area contributed by atoms with Crippen molar-refractivity contribution in [3.8, 4) is 0 Å². The molecule has 0 aromatic heterocycles. The van der Waals surface area contributed by atoms with Gasteiger partial charge in [0.25, 0.3) is 0 Å². The summed E-state index contributed by atoms with van der Waals surface area (Å²) in [6.07, 6.45) is 0.862. The van der Waals surface area contributed by atoms with Crippen LogP contribution in [0.15, 0.2) is 0 Å². The summed E-state index contributed by atoms with van der Waals surface area (Å²) in [6.45, 7) is 1.70. The molecule has 0 aliphatic heterocycles. The number of aliphatic hydroxyl groups excluding tert-OH is 1. The van der Waals surface area contributed by atoms with E-state index in [9.17, 15) is 4.79 Å². The summed E-state index contributed by atoms with van der Waals surface area (Å²) in [4.78, 5) is 11.1. The standard InChI is InChI=1S/C7H15O2PSSi/c1-2-6(7(9)3-8)4-12-5-10-11/h6,8H,2-5,12H2,1H3/t6-/m0/s1.